The highest BCUT2D eigenvalue weighted by Crippen LogP contribution is 2.20. The van der Waals surface area contributed by atoms with Crippen molar-refractivity contribution < 1.29 is 9.67 Å². The largest absolute Gasteiger partial charge is 0.381 e. The molecule has 2 nitrogen and oxygen atoms in total. The number of hydrogen-bond acceptors (Lipinski definition) is 1. The van der Waals surface area contributed by atoms with Gasteiger partial charge in [-0.15, -0.1) is 0 Å². The average Bonchev–Trinajstić information content (AvgIpc) is 2.39. The van der Waals surface area contributed by atoms with Crippen molar-refractivity contribution >= 4 is 0 Å². The minimum absolute atomic E-state index is 0.0311. The van der Waals surface area contributed by atoms with Crippen molar-refractivity contribution in [3.63, 3.8) is 0 Å². The van der Waals surface area contributed by atoms with Crippen molar-refractivity contribution in [1.82, 2.24) is 0 Å². The highest BCUT2D eigenvalue weighted by molar-refractivity contribution is 5.17. The first-order valence-electron chi connectivity index (χ1n) is 5.48. The van der Waals surface area contributed by atoms with Gasteiger partial charge in [-0.25, -0.2) is 0 Å². The van der Waals surface area contributed by atoms with E-state index in [-0.39, 0.29) is 6.04 Å². The van der Waals surface area contributed by atoms with Crippen LogP contribution in [0.25, 0.3) is 0 Å². The summed E-state index contributed by atoms with van der Waals surface area (Å²) < 4.78 is 2.01. The molecule has 0 saturated carbocycles. The zero-order valence-corrected chi connectivity index (χ0v) is 9.32. The lowest BCUT2D eigenvalue weighted by atomic mass is 10.0. The van der Waals surface area contributed by atoms with E-state index in [0.29, 0.717) is 0 Å². The molecule has 0 bridgehead atoms. The summed E-state index contributed by atoms with van der Waals surface area (Å²) in [7, 11) is 0. The highest BCUT2D eigenvalue weighted by atomic mass is 16.3. The molecule has 0 radical (unpaired) electrons. The zero-order valence-electron chi connectivity index (χ0n) is 9.32. The van der Waals surface area contributed by atoms with E-state index < -0.39 is 6.10 Å². The molecule has 0 unspecified atom stereocenters. The fourth-order valence-electron chi connectivity index (χ4n) is 1.78. The van der Waals surface area contributed by atoms with Crippen LogP contribution in [-0.4, -0.2) is 5.11 Å². The lowest BCUT2D eigenvalue weighted by Crippen LogP contribution is -2.40. The maximum Gasteiger partial charge on any atom is 0.185 e. The summed E-state index contributed by atoms with van der Waals surface area (Å²) in [6.07, 6.45) is 3.46. The first-order valence-corrected chi connectivity index (χ1v) is 5.48. The van der Waals surface area contributed by atoms with Crippen molar-refractivity contribution in [2.45, 2.75) is 19.1 Å². The minimum Gasteiger partial charge on any atom is -0.381 e. The van der Waals surface area contributed by atoms with Gasteiger partial charge in [0.25, 0.3) is 0 Å². The Bertz CT molecular complexity index is 384. The SMILES string of the molecule is C[C@H]([C@@H](O)c1ccccc1)[n+]1ccccc1. The van der Waals surface area contributed by atoms with E-state index in [0.717, 1.165) is 5.56 Å². The molecule has 2 rings (SSSR count). The number of aromatic nitrogens is 1. The third-order valence-corrected chi connectivity index (χ3v) is 2.81. The Morgan fingerprint density at radius 3 is 2.12 bits per heavy atom. The van der Waals surface area contributed by atoms with E-state index in [4.69, 9.17) is 0 Å². The van der Waals surface area contributed by atoms with Gasteiger partial charge < -0.3 is 5.11 Å². The highest BCUT2D eigenvalue weighted by Gasteiger charge is 2.23. The molecule has 0 aliphatic rings. The standard InChI is InChI=1S/C14H16NO/c1-12(15-10-6-3-7-11-15)14(16)13-8-4-2-5-9-13/h2-12,14,16H,1H3/q+1/t12-,14-/m1/s1. The summed E-state index contributed by atoms with van der Waals surface area (Å²) in [5.74, 6) is 0. The summed E-state index contributed by atoms with van der Waals surface area (Å²) in [6.45, 7) is 2.01. The molecule has 0 aliphatic carbocycles. The number of aliphatic hydroxyl groups excluding tert-OH is 1. The lowest BCUT2D eigenvalue weighted by molar-refractivity contribution is -0.728. The van der Waals surface area contributed by atoms with Gasteiger partial charge in [-0.2, -0.15) is 4.57 Å². The molecule has 82 valence electrons. The second-order valence-corrected chi connectivity index (χ2v) is 3.92. The summed E-state index contributed by atoms with van der Waals surface area (Å²) in [5, 5.41) is 10.2. The van der Waals surface area contributed by atoms with Crippen LogP contribution in [-0.2, 0) is 0 Å². The van der Waals surface area contributed by atoms with Gasteiger partial charge in [0.15, 0.2) is 18.4 Å². The van der Waals surface area contributed by atoms with Crippen molar-refractivity contribution in [3.05, 3.63) is 66.5 Å². The van der Waals surface area contributed by atoms with Gasteiger partial charge in [0.05, 0.1) is 0 Å². The molecule has 0 spiro atoms. The number of benzene rings is 1. The maximum atomic E-state index is 10.2. The lowest BCUT2D eigenvalue weighted by Gasteiger charge is -2.14. The van der Waals surface area contributed by atoms with Crippen LogP contribution in [0.4, 0.5) is 0 Å². The topological polar surface area (TPSA) is 24.1 Å². The van der Waals surface area contributed by atoms with Gasteiger partial charge in [0.1, 0.15) is 6.10 Å². The van der Waals surface area contributed by atoms with Crippen LogP contribution in [0.3, 0.4) is 0 Å². The normalized spacial score (nSPS) is 14.4. The average molecular weight is 214 g/mol. The van der Waals surface area contributed by atoms with Gasteiger partial charge in [0.2, 0.25) is 0 Å². The fourth-order valence-corrected chi connectivity index (χ4v) is 1.78. The third-order valence-electron chi connectivity index (χ3n) is 2.81. The van der Waals surface area contributed by atoms with Crippen molar-refractivity contribution in [2.75, 3.05) is 0 Å². The molecule has 2 atom stereocenters. The Morgan fingerprint density at radius 2 is 1.50 bits per heavy atom. The van der Waals surface area contributed by atoms with E-state index >= 15 is 0 Å². The Labute approximate surface area is 95.8 Å². The second kappa shape index (κ2) is 4.90. The van der Waals surface area contributed by atoms with Crippen LogP contribution >= 0.6 is 0 Å². The van der Waals surface area contributed by atoms with E-state index in [9.17, 15) is 5.11 Å². The van der Waals surface area contributed by atoms with Crippen LogP contribution < -0.4 is 4.57 Å². The van der Waals surface area contributed by atoms with E-state index in [2.05, 4.69) is 0 Å². The maximum absolute atomic E-state index is 10.2. The quantitative estimate of drug-likeness (QED) is 0.779. The molecule has 2 aromatic rings. The zero-order chi connectivity index (χ0) is 11.4. The van der Waals surface area contributed by atoms with Crippen molar-refractivity contribution in [3.8, 4) is 0 Å². The fraction of sp³-hybridized carbons (Fsp3) is 0.214. The Balaban J connectivity index is 2.20. The van der Waals surface area contributed by atoms with Gasteiger partial charge in [-0.1, -0.05) is 36.4 Å². The summed E-state index contributed by atoms with van der Waals surface area (Å²) in [5.41, 5.74) is 0.950. The molecule has 16 heavy (non-hydrogen) atoms. The monoisotopic (exact) mass is 214 g/mol. The van der Waals surface area contributed by atoms with Gasteiger partial charge >= 0.3 is 0 Å². The van der Waals surface area contributed by atoms with Gasteiger partial charge in [-0.05, 0) is 5.56 Å². The Hall–Kier alpha value is -1.67. The summed E-state index contributed by atoms with van der Waals surface area (Å²) in [6, 6.07) is 15.7. The minimum atomic E-state index is -0.478. The Morgan fingerprint density at radius 1 is 0.938 bits per heavy atom. The molecule has 1 aromatic heterocycles. The van der Waals surface area contributed by atoms with E-state index in [1.54, 1.807) is 0 Å². The van der Waals surface area contributed by atoms with Crippen LogP contribution in [0.15, 0.2) is 60.9 Å². The first-order chi connectivity index (χ1) is 7.79. The number of aliphatic hydroxyl groups is 1. The smallest absolute Gasteiger partial charge is 0.185 e. The molecular weight excluding hydrogens is 198 g/mol. The molecule has 2 heteroatoms. The number of rotatable bonds is 3. The summed E-state index contributed by atoms with van der Waals surface area (Å²) >= 11 is 0. The van der Waals surface area contributed by atoms with Gasteiger partial charge in [-0.3, -0.25) is 0 Å². The second-order valence-electron chi connectivity index (χ2n) is 3.92. The molecule has 0 aliphatic heterocycles. The first kappa shape index (κ1) is 10.8. The number of nitrogens with zero attached hydrogens (tertiary/aromatic N) is 1. The summed E-state index contributed by atoms with van der Waals surface area (Å²) in [4.78, 5) is 0. The van der Waals surface area contributed by atoms with Crippen LogP contribution in [0.5, 0.6) is 0 Å². The van der Waals surface area contributed by atoms with Crippen LogP contribution in [0, 0.1) is 0 Å². The van der Waals surface area contributed by atoms with E-state index in [1.165, 1.54) is 0 Å². The molecule has 0 saturated heterocycles. The molecule has 1 heterocycles. The van der Waals surface area contributed by atoms with Gasteiger partial charge in [0, 0.05) is 19.1 Å². The van der Waals surface area contributed by atoms with Crippen LogP contribution in [0.1, 0.15) is 24.6 Å². The third kappa shape index (κ3) is 2.28. The number of hydrogen-bond donors (Lipinski definition) is 1. The predicted octanol–water partition coefficient (Wildman–Crippen LogP) is 2.27. The number of pyridine rings is 1. The molecular formula is C14H16NO+. The van der Waals surface area contributed by atoms with Crippen LogP contribution in [0.2, 0.25) is 0 Å². The molecule has 0 amide bonds. The predicted molar refractivity (Wildman–Crippen MR) is 62.7 cm³/mol. The van der Waals surface area contributed by atoms with Crippen molar-refractivity contribution in [1.29, 1.82) is 0 Å². The molecule has 1 N–H and O–H groups in total. The van der Waals surface area contributed by atoms with Crippen molar-refractivity contribution in [2.24, 2.45) is 0 Å². The molecule has 0 fully saturated rings. The molecule has 1 aromatic carbocycles. The van der Waals surface area contributed by atoms with E-state index in [1.807, 2.05) is 72.4 Å². The Kier molecular flexibility index (Phi) is 3.32.